The highest BCUT2D eigenvalue weighted by Gasteiger charge is 2.07. The van der Waals surface area contributed by atoms with Crippen molar-refractivity contribution in [1.82, 2.24) is 4.98 Å². The monoisotopic (exact) mass is 299 g/mol. The average molecular weight is 299 g/mol. The number of hydrogen-bond donors (Lipinski definition) is 0. The second kappa shape index (κ2) is 9.19. The summed E-state index contributed by atoms with van der Waals surface area (Å²) >= 11 is 0. The first-order valence-corrected chi connectivity index (χ1v) is 8.32. The van der Waals surface area contributed by atoms with Crippen molar-refractivity contribution >= 4 is 17.2 Å². The lowest BCUT2D eigenvalue weighted by molar-refractivity contribution is 0.112. The van der Waals surface area contributed by atoms with Gasteiger partial charge in [-0.3, -0.25) is 9.78 Å². The molecule has 0 N–H and O–H groups in total. The van der Waals surface area contributed by atoms with E-state index in [1.54, 1.807) is 12.3 Å². The van der Waals surface area contributed by atoms with Gasteiger partial charge in [-0.2, -0.15) is 0 Å². The van der Waals surface area contributed by atoms with Gasteiger partial charge >= 0.3 is 0 Å². The average Bonchev–Trinajstić information content (AvgIpc) is 2.57. The van der Waals surface area contributed by atoms with Crippen LogP contribution in [0.1, 0.15) is 62.2 Å². The maximum Gasteiger partial charge on any atom is 0.150 e. The van der Waals surface area contributed by atoms with Crippen LogP contribution in [0.15, 0.2) is 30.5 Å². The van der Waals surface area contributed by atoms with Gasteiger partial charge in [0.05, 0.1) is 6.61 Å². The molecule has 3 heteroatoms. The molecule has 0 unspecified atom stereocenters. The van der Waals surface area contributed by atoms with Crippen molar-refractivity contribution in [3.8, 4) is 5.75 Å². The van der Waals surface area contributed by atoms with E-state index in [-0.39, 0.29) is 0 Å². The van der Waals surface area contributed by atoms with E-state index in [1.807, 2.05) is 18.2 Å². The topological polar surface area (TPSA) is 39.2 Å². The van der Waals surface area contributed by atoms with Gasteiger partial charge in [0.15, 0.2) is 6.29 Å². The summed E-state index contributed by atoms with van der Waals surface area (Å²) in [6.07, 6.45) is 11.5. The zero-order valence-electron chi connectivity index (χ0n) is 13.4. The van der Waals surface area contributed by atoms with Crippen LogP contribution in [0.25, 0.3) is 10.9 Å². The zero-order chi connectivity index (χ0) is 15.6. The Morgan fingerprint density at radius 2 is 1.82 bits per heavy atom. The van der Waals surface area contributed by atoms with E-state index in [1.165, 1.54) is 38.5 Å². The van der Waals surface area contributed by atoms with Crippen LogP contribution in [0.5, 0.6) is 5.75 Å². The fourth-order valence-electron chi connectivity index (χ4n) is 2.63. The number of pyridine rings is 1. The number of unbranched alkanes of at least 4 members (excludes halogenated alkanes) is 6. The van der Waals surface area contributed by atoms with E-state index < -0.39 is 0 Å². The van der Waals surface area contributed by atoms with Crippen molar-refractivity contribution in [3.63, 3.8) is 0 Å². The summed E-state index contributed by atoms with van der Waals surface area (Å²) in [4.78, 5) is 15.4. The van der Waals surface area contributed by atoms with Gasteiger partial charge in [0.2, 0.25) is 0 Å². The maximum absolute atomic E-state index is 11.1. The molecule has 2 rings (SSSR count). The van der Waals surface area contributed by atoms with Crippen molar-refractivity contribution in [1.29, 1.82) is 0 Å². The molecule has 0 saturated heterocycles. The Labute approximate surface area is 132 Å². The predicted octanol–water partition coefficient (Wildman–Crippen LogP) is 5.18. The molecule has 0 aliphatic rings. The molecule has 0 amide bonds. The van der Waals surface area contributed by atoms with Crippen LogP contribution in [0.3, 0.4) is 0 Å². The fraction of sp³-hybridized carbons (Fsp3) is 0.474. The van der Waals surface area contributed by atoms with Gasteiger partial charge < -0.3 is 4.74 Å². The summed E-state index contributed by atoms with van der Waals surface area (Å²) in [5, 5.41) is 0.856. The van der Waals surface area contributed by atoms with Crippen molar-refractivity contribution < 1.29 is 9.53 Å². The molecule has 0 spiro atoms. The molecule has 0 aliphatic carbocycles. The molecule has 0 aliphatic heterocycles. The molecule has 0 radical (unpaired) electrons. The lowest BCUT2D eigenvalue weighted by Crippen LogP contribution is -1.99. The van der Waals surface area contributed by atoms with Crippen LogP contribution in [0.2, 0.25) is 0 Å². The molecule has 0 fully saturated rings. The minimum atomic E-state index is 0.659. The number of nitrogens with zero attached hydrogens (tertiary/aromatic N) is 1. The number of aldehydes is 1. The predicted molar refractivity (Wildman–Crippen MR) is 90.6 cm³/mol. The SMILES string of the molecule is CCCCCCCCCOc1ccc(C=O)c2cccnc12. The summed E-state index contributed by atoms with van der Waals surface area (Å²) in [6, 6.07) is 7.40. The Balaban J connectivity index is 1.84. The first-order chi connectivity index (χ1) is 10.9. The van der Waals surface area contributed by atoms with Crippen LogP contribution in [-0.2, 0) is 0 Å². The number of ether oxygens (including phenoxy) is 1. The van der Waals surface area contributed by atoms with Crippen molar-refractivity contribution in [2.75, 3.05) is 6.61 Å². The second-order valence-corrected chi connectivity index (χ2v) is 5.64. The van der Waals surface area contributed by atoms with Gasteiger partial charge in [-0.05, 0) is 24.6 Å². The fourth-order valence-corrected chi connectivity index (χ4v) is 2.63. The third-order valence-corrected chi connectivity index (χ3v) is 3.90. The third kappa shape index (κ3) is 4.55. The Morgan fingerprint density at radius 1 is 1.05 bits per heavy atom. The molecule has 0 atom stereocenters. The molecular formula is C19H25NO2. The molecule has 1 aromatic carbocycles. The molecule has 0 bridgehead atoms. The van der Waals surface area contributed by atoms with Gasteiger partial charge in [-0.1, -0.05) is 51.5 Å². The molecule has 1 aromatic heterocycles. The van der Waals surface area contributed by atoms with E-state index >= 15 is 0 Å². The smallest absolute Gasteiger partial charge is 0.150 e. The van der Waals surface area contributed by atoms with E-state index in [0.29, 0.717) is 12.2 Å². The van der Waals surface area contributed by atoms with Crippen LogP contribution in [0.4, 0.5) is 0 Å². The van der Waals surface area contributed by atoms with E-state index in [4.69, 9.17) is 4.74 Å². The number of aromatic nitrogens is 1. The van der Waals surface area contributed by atoms with Gasteiger partial charge in [-0.25, -0.2) is 0 Å². The van der Waals surface area contributed by atoms with Crippen LogP contribution >= 0.6 is 0 Å². The highest BCUT2D eigenvalue weighted by molar-refractivity contribution is 5.98. The van der Waals surface area contributed by atoms with Crippen molar-refractivity contribution in [3.05, 3.63) is 36.0 Å². The maximum atomic E-state index is 11.1. The first-order valence-electron chi connectivity index (χ1n) is 8.32. The number of carbonyl (C=O) groups is 1. The van der Waals surface area contributed by atoms with Gasteiger partial charge in [0.25, 0.3) is 0 Å². The lowest BCUT2D eigenvalue weighted by Gasteiger charge is -2.09. The quantitative estimate of drug-likeness (QED) is 0.448. The molecular weight excluding hydrogens is 274 g/mol. The number of hydrogen-bond acceptors (Lipinski definition) is 3. The minimum absolute atomic E-state index is 0.659. The van der Waals surface area contributed by atoms with Gasteiger partial charge in [0.1, 0.15) is 11.3 Å². The van der Waals surface area contributed by atoms with Crippen LogP contribution in [0, 0.1) is 0 Å². The first kappa shape index (κ1) is 16.5. The molecule has 1 heterocycles. The standard InChI is InChI=1S/C19H25NO2/c1-2-3-4-5-6-7-8-14-22-18-12-11-16(15-21)17-10-9-13-20-19(17)18/h9-13,15H,2-8,14H2,1H3. The summed E-state index contributed by atoms with van der Waals surface area (Å²) in [5.41, 5.74) is 1.43. The molecule has 118 valence electrons. The zero-order valence-corrected chi connectivity index (χ0v) is 13.4. The largest absolute Gasteiger partial charge is 0.491 e. The Morgan fingerprint density at radius 3 is 2.59 bits per heavy atom. The van der Waals surface area contributed by atoms with E-state index in [0.717, 1.165) is 29.4 Å². The Hall–Kier alpha value is -1.90. The highest BCUT2D eigenvalue weighted by atomic mass is 16.5. The molecule has 3 nitrogen and oxygen atoms in total. The summed E-state index contributed by atoms with van der Waals surface area (Å²) in [5.74, 6) is 0.771. The van der Waals surface area contributed by atoms with Crippen LogP contribution < -0.4 is 4.74 Å². The summed E-state index contributed by atoms with van der Waals surface area (Å²) in [6.45, 7) is 2.95. The van der Waals surface area contributed by atoms with Crippen molar-refractivity contribution in [2.45, 2.75) is 51.9 Å². The number of rotatable bonds is 10. The Kier molecular flexibility index (Phi) is 6.88. The molecule has 2 aromatic rings. The normalized spacial score (nSPS) is 10.8. The summed E-state index contributed by atoms with van der Waals surface area (Å²) in [7, 11) is 0. The van der Waals surface area contributed by atoms with Crippen molar-refractivity contribution in [2.24, 2.45) is 0 Å². The molecule has 22 heavy (non-hydrogen) atoms. The van der Waals surface area contributed by atoms with Crippen LogP contribution in [-0.4, -0.2) is 17.9 Å². The van der Waals surface area contributed by atoms with E-state index in [2.05, 4.69) is 11.9 Å². The minimum Gasteiger partial charge on any atom is -0.491 e. The van der Waals surface area contributed by atoms with E-state index in [9.17, 15) is 4.79 Å². The second-order valence-electron chi connectivity index (χ2n) is 5.64. The highest BCUT2D eigenvalue weighted by Crippen LogP contribution is 2.26. The number of benzene rings is 1. The summed E-state index contributed by atoms with van der Waals surface area (Å²) < 4.78 is 5.87. The van der Waals surface area contributed by atoms with Gasteiger partial charge in [-0.15, -0.1) is 0 Å². The molecule has 0 saturated carbocycles. The van der Waals surface area contributed by atoms with Gasteiger partial charge in [0, 0.05) is 17.1 Å². The Bertz CT molecular complexity index is 595. The lowest BCUT2D eigenvalue weighted by atomic mass is 10.1. The number of fused-ring (bicyclic) bond motifs is 1. The third-order valence-electron chi connectivity index (χ3n) is 3.90. The number of carbonyl (C=O) groups excluding carboxylic acids is 1.